The molecule has 0 aliphatic rings. The summed E-state index contributed by atoms with van der Waals surface area (Å²) in [7, 11) is 0. The van der Waals surface area contributed by atoms with E-state index in [2.05, 4.69) is 4.98 Å². The maximum absolute atomic E-state index is 11.2. The Balaban J connectivity index is 2.80. The fourth-order valence-corrected chi connectivity index (χ4v) is 0.946. The van der Waals surface area contributed by atoms with Crippen LogP contribution in [0.4, 0.5) is 0 Å². The lowest BCUT2D eigenvalue weighted by Gasteiger charge is -2.02. The second-order valence-electron chi connectivity index (χ2n) is 2.70. The van der Waals surface area contributed by atoms with E-state index in [0.717, 1.165) is 12.1 Å². The van der Waals surface area contributed by atoms with Gasteiger partial charge in [-0.3, -0.25) is 9.36 Å². The topological polar surface area (TPSA) is 60.9 Å². The van der Waals surface area contributed by atoms with Crippen LogP contribution in [0, 0.1) is 6.92 Å². The highest BCUT2D eigenvalue weighted by Gasteiger charge is 1.94. The van der Waals surface area contributed by atoms with Crippen molar-refractivity contribution in [2.75, 3.05) is 6.54 Å². The Hall–Kier alpha value is -1.16. The molecule has 0 aromatic carbocycles. The Labute approximate surface area is 71.0 Å². The molecule has 4 heteroatoms. The van der Waals surface area contributed by atoms with E-state index < -0.39 is 0 Å². The van der Waals surface area contributed by atoms with Gasteiger partial charge in [-0.1, -0.05) is 0 Å². The third-order valence-electron chi connectivity index (χ3n) is 1.62. The van der Waals surface area contributed by atoms with Gasteiger partial charge in [0.15, 0.2) is 0 Å². The fraction of sp³-hybridized carbons (Fsp3) is 0.500. The van der Waals surface area contributed by atoms with E-state index in [4.69, 9.17) is 5.73 Å². The van der Waals surface area contributed by atoms with E-state index in [0.29, 0.717) is 13.1 Å². The van der Waals surface area contributed by atoms with Gasteiger partial charge in [0.05, 0.1) is 6.33 Å². The molecule has 0 unspecified atom stereocenters. The summed E-state index contributed by atoms with van der Waals surface area (Å²) >= 11 is 0. The van der Waals surface area contributed by atoms with Crippen LogP contribution in [0.15, 0.2) is 17.2 Å². The minimum atomic E-state index is -0.00375. The molecule has 0 fully saturated rings. The Bertz CT molecular complexity index is 305. The van der Waals surface area contributed by atoms with Crippen molar-refractivity contribution in [2.45, 2.75) is 19.9 Å². The van der Waals surface area contributed by atoms with Gasteiger partial charge in [0.2, 0.25) is 0 Å². The zero-order chi connectivity index (χ0) is 8.97. The summed E-state index contributed by atoms with van der Waals surface area (Å²) in [5.41, 5.74) is 6.07. The van der Waals surface area contributed by atoms with Crippen molar-refractivity contribution in [3.63, 3.8) is 0 Å². The lowest BCUT2D eigenvalue weighted by Crippen LogP contribution is -2.21. The number of rotatable bonds is 3. The van der Waals surface area contributed by atoms with Crippen LogP contribution in [0.5, 0.6) is 0 Å². The maximum atomic E-state index is 11.2. The van der Waals surface area contributed by atoms with Gasteiger partial charge in [-0.25, -0.2) is 4.98 Å². The highest BCUT2D eigenvalue weighted by molar-refractivity contribution is 4.95. The second-order valence-corrected chi connectivity index (χ2v) is 2.70. The molecule has 0 saturated heterocycles. The zero-order valence-electron chi connectivity index (χ0n) is 7.16. The molecule has 1 aromatic heterocycles. The summed E-state index contributed by atoms with van der Waals surface area (Å²) in [6, 6.07) is 1.52. The van der Waals surface area contributed by atoms with Gasteiger partial charge in [0.1, 0.15) is 0 Å². The summed E-state index contributed by atoms with van der Waals surface area (Å²) < 4.78 is 1.57. The molecule has 4 nitrogen and oxygen atoms in total. The van der Waals surface area contributed by atoms with Crippen LogP contribution in [0.2, 0.25) is 0 Å². The van der Waals surface area contributed by atoms with Crippen molar-refractivity contribution < 1.29 is 0 Å². The molecule has 0 radical (unpaired) electrons. The highest BCUT2D eigenvalue weighted by Crippen LogP contribution is 1.86. The maximum Gasteiger partial charge on any atom is 0.253 e. The van der Waals surface area contributed by atoms with E-state index in [9.17, 15) is 4.79 Å². The zero-order valence-corrected chi connectivity index (χ0v) is 7.16. The van der Waals surface area contributed by atoms with E-state index in [1.807, 2.05) is 0 Å². The lowest BCUT2D eigenvalue weighted by molar-refractivity contribution is 0.616. The van der Waals surface area contributed by atoms with E-state index in [1.165, 1.54) is 6.07 Å². The summed E-state index contributed by atoms with van der Waals surface area (Å²) in [6.07, 6.45) is 2.37. The van der Waals surface area contributed by atoms with Gasteiger partial charge in [-0.2, -0.15) is 0 Å². The molecule has 0 atom stereocenters. The first-order chi connectivity index (χ1) is 5.74. The van der Waals surface area contributed by atoms with Crippen LogP contribution in [0.1, 0.15) is 12.1 Å². The standard InChI is InChI=1S/C8H13N3O/c1-7-5-8(12)11(6-10-7)4-2-3-9/h5-6H,2-4,9H2,1H3. The molecule has 1 aromatic rings. The molecule has 1 rings (SSSR count). The predicted molar refractivity (Wildman–Crippen MR) is 46.9 cm³/mol. The van der Waals surface area contributed by atoms with E-state index in [1.54, 1.807) is 17.8 Å². The van der Waals surface area contributed by atoms with Crippen LogP contribution in [0.25, 0.3) is 0 Å². The smallest absolute Gasteiger partial charge is 0.253 e. The highest BCUT2D eigenvalue weighted by atomic mass is 16.1. The normalized spacial score (nSPS) is 10.2. The minimum Gasteiger partial charge on any atom is -0.330 e. The molecule has 0 spiro atoms. The number of aryl methyl sites for hydroxylation is 2. The molecule has 12 heavy (non-hydrogen) atoms. The molecule has 1 heterocycles. The third kappa shape index (κ3) is 2.17. The van der Waals surface area contributed by atoms with Gasteiger partial charge in [-0.15, -0.1) is 0 Å². The van der Waals surface area contributed by atoms with Gasteiger partial charge in [0, 0.05) is 18.3 Å². The van der Waals surface area contributed by atoms with Gasteiger partial charge in [0.25, 0.3) is 5.56 Å². The first kappa shape index (κ1) is 8.93. The van der Waals surface area contributed by atoms with Gasteiger partial charge < -0.3 is 5.73 Å². The summed E-state index contributed by atoms with van der Waals surface area (Å²) in [4.78, 5) is 15.2. The number of nitrogens with two attached hydrogens (primary N) is 1. The second kappa shape index (κ2) is 4.01. The molecule has 2 N–H and O–H groups in total. The Morgan fingerprint density at radius 3 is 3.00 bits per heavy atom. The molecule has 66 valence electrons. The predicted octanol–water partition coefficient (Wildman–Crippen LogP) is -0.0995. The average Bonchev–Trinajstić information content (AvgIpc) is 2.03. The quantitative estimate of drug-likeness (QED) is 0.683. The first-order valence-corrected chi connectivity index (χ1v) is 3.97. The Kier molecular flexibility index (Phi) is 2.99. The number of aromatic nitrogens is 2. The van der Waals surface area contributed by atoms with Crippen LogP contribution in [0.3, 0.4) is 0 Å². The Morgan fingerprint density at radius 1 is 1.67 bits per heavy atom. The minimum absolute atomic E-state index is 0.00375. The summed E-state index contributed by atoms with van der Waals surface area (Å²) in [5.74, 6) is 0. The van der Waals surface area contributed by atoms with Crippen LogP contribution < -0.4 is 11.3 Å². The third-order valence-corrected chi connectivity index (χ3v) is 1.62. The van der Waals surface area contributed by atoms with Crippen molar-refractivity contribution >= 4 is 0 Å². The molecule has 0 saturated carbocycles. The van der Waals surface area contributed by atoms with Crippen molar-refractivity contribution in [1.29, 1.82) is 0 Å². The average molecular weight is 167 g/mol. The molecular weight excluding hydrogens is 154 g/mol. The van der Waals surface area contributed by atoms with Crippen molar-refractivity contribution in [1.82, 2.24) is 9.55 Å². The summed E-state index contributed by atoms with van der Waals surface area (Å²) in [6.45, 7) is 3.05. The Morgan fingerprint density at radius 2 is 2.42 bits per heavy atom. The fourth-order valence-electron chi connectivity index (χ4n) is 0.946. The van der Waals surface area contributed by atoms with Crippen LogP contribution in [-0.4, -0.2) is 16.1 Å². The molecule has 0 amide bonds. The molecule has 0 aliphatic heterocycles. The number of hydrogen-bond donors (Lipinski definition) is 1. The van der Waals surface area contributed by atoms with Crippen molar-refractivity contribution in [3.8, 4) is 0 Å². The monoisotopic (exact) mass is 167 g/mol. The first-order valence-electron chi connectivity index (χ1n) is 3.97. The number of nitrogens with zero attached hydrogens (tertiary/aromatic N) is 2. The molecular formula is C8H13N3O. The SMILES string of the molecule is Cc1cc(=O)n(CCCN)cn1. The van der Waals surface area contributed by atoms with E-state index >= 15 is 0 Å². The molecule has 0 aliphatic carbocycles. The van der Waals surface area contributed by atoms with Gasteiger partial charge in [-0.05, 0) is 19.9 Å². The van der Waals surface area contributed by atoms with Crippen LogP contribution in [-0.2, 0) is 6.54 Å². The van der Waals surface area contributed by atoms with E-state index in [-0.39, 0.29) is 5.56 Å². The summed E-state index contributed by atoms with van der Waals surface area (Å²) in [5, 5.41) is 0. The largest absolute Gasteiger partial charge is 0.330 e. The van der Waals surface area contributed by atoms with Crippen molar-refractivity contribution in [3.05, 3.63) is 28.4 Å². The van der Waals surface area contributed by atoms with Crippen LogP contribution >= 0.6 is 0 Å². The number of hydrogen-bond acceptors (Lipinski definition) is 3. The van der Waals surface area contributed by atoms with Crippen molar-refractivity contribution in [2.24, 2.45) is 5.73 Å². The van der Waals surface area contributed by atoms with Gasteiger partial charge >= 0.3 is 0 Å². The lowest BCUT2D eigenvalue weighted by atomic mass is 10.4. The molecule has 0 bridgehead atoms.